The molecule has 5 aliphatic rings. The molecule has 4 nitrogen and oxygen atoms in total. The number of ether oxygens (including phenoxy) is 2. The van der Waals surface area contributed by atoms with Gasteiger partial charge in [0.25, 0.3) is 0 Å². The Morgan fingerprint density at radius 3 is 0.853 bits per heavy atom. The Morgan fingerprint density at radius 1 is 0.373 bits per heavy atom. The van der Waals surface area contributed by atoms with Gasteiger partial charge in [0.1, 0.15) is 23.4 Å². The van der Waals surface area contributed by atoms with Gasteiger partial charge in [0, 0.05) is 0 Å². The van der Waals surface area contributed by atoms with Crippen LogP contribution in [0.5, 0.6) is 0 Å². The third-order valence-corrected chi connectivity index (χ3v) is 20.4. The Bertz CT molecular complexity index is 2210. The lowest BCUT2D eigenvalue weighted by molar-refractivity contribution is -0.172. The average Bonchev–Trinajstić information content (AvgIpc) is 3.87. The Kier molecular flexibility index (Phi) is 19.7. The van der Waals surface area contributed by atoms with E-state index in [4.69, 9.17) is 9.47 Å². The largest absolute Gasteiger partial charge is 0.378 e. The van der Waals surface area contributed by atoms with Crippen LogP contribution in [-0.2, 0) is 20.7 Å². The van der Waals surface area contributed by atoms with Crippen LogP contribution >= 0.6 is 0 Å². The Labute approximate surface area is 457 Å². The SMILES string of the molecule is CCCCC[C@H]1CC[C@H](c2ccc(C(O)(c3ccc([C@H]4CC[C@H](C)CC4)cc3)[C@@H]3OC(C)(C)O[C@H]3C(O)(c3ccc([C@H]4CC[C@H](CCCCC)CC4)cc3)c3ccc([C@H]4CC[C@H](CCCCC)CC4)cc3)cc2)CC1. The monoisotopic (exact) mass is 1020 g/mol. The fraction of sp³-hybridized carbons (Fsp3) is 0.662. The summed E-state index contributed by atoms with van der Waals surface area (Å²) in [6.07, 6.45) is 34.2. The molecule has 4 aromatic carbocycles. The van der Waals surface area contributed by atoms with Crippen LogP contribution in [0.3, 0.4) is 0 Å². The summed E-state index contributed by atoms with van der Waals surface area (Å²) in [7, 11) is 0. The Balaban J connectivity index is 1.07. The molecule has 0 amide bonds. The van der Waals surface area contributed by atoms with E-state index in [1.807, 2.05) is 13.8 Å². The summed E-state index contributed by atoms with van der Waals surface area (Å²) in [5, 5.41) is 28.4. The van der Waals surface area contributed by atoms with Crippen LogP contribution in [0.15, 0.2) is 97.1 Å². The van der Waals surface area contributed by atoms with E-state index in [0.29, 0.717) is 23.7 Å². The van der Waals surface area contributed by atoms with E-state index in [1.54, 1.807) is 0 Å². The predicted molar refractivity (Wildman–Crippen MR) is 312 cm³/mol. The highest BCUT2D eigenvalue weighted by molar-refractivity contribution is 5.46. The molecule has 3 atom stereocenters. The zero-order valence-electron chi connectivity index (χ0n) is 48.0. The van der Waals surface area contributed by atoms with Crippen molar-refractivity contribution in [3.05, 3.63) is 142 Å². The molecule has 9 rings (SSSR count). The van der Waals surface area contributed by atoms with Gasteiger partial charge in [-0.1, -0.05) is 215 Å². The molecule has 1 unspecified atom stereocenters. The molecule has 5 fully saturated rings. The minimum absolute atomic E-state index is 0.528. The standard InChI is InChI=1S/C71H102O4/c1-7-10-13-16-52-21-29-56(30-22-52)60-37-45-64(46-38-60)70(72,63-43-35-59(36-44-63)55-27-19-51(4)20-28-55)67-68(75-69(5,6)74-67)71(73,65-47-39-61(40-48-65)57-31-23-53(24-32-57)17-14-11-8-2)66-49-41-62(42-50-66)58-33-25-54(26-34-58)18-15-12-9-3/h35-58,67-68,72-73H,7-34H2,1-6H3/t51-,52-,53-,54-,55-,56-,57-,58-,67-,68-,70?/m1/s1. The van der Waals surface area contributed by atoms with Crippen LogP contribution in [0.2, 0.25) is 0 Å². The minimum Gasteiger partial charge on any atom is -0.378 e. The van der Waals surface area contributed by atoms with Crippen molar-refractivity contribution in [3.63, 3.8) is 0 Å². The normalized spacial score (nSPS) is 29.2. The lowest BCUT2D eigenvalue weighted by Gasteiger charge is -2.43. The van der Waals surface area contributed by atoms with Crippen molar-refractivity contribution >= 4 is 0 Å². The molecule has 1 saturated heterocycles. The molecule has 0 bridgehead atoms. The van der Waals surface area contributed by atoms with Gasteiger partial charge in [-0.05, 0) is 196 Å². The lowest BCUT2D eigenvalue weighted by atomic mass is 9.70. The third kappa shape index (κ3) is 13.4. The zero-order chi connectivity index (χ0) is 52.4. The maximum Gasteiger partial charge on any atom is 0.164 e. The van der Waals surface area contributed by atoms with Crippen molar-refractivity contribution in [1.29, 1.82) is 0 Å². The fourth-order valence-electron chi connectivity index (χ4n) is 15.4. The van der Waals surface area contributed by atoms with Crippen LogP contribution in [0.25, 0.3) is 0 Å². The van der Waals surface area contributed by atoms with Crippen LogP contribution in [0, 0.1) is 23.7 Å². The van der Waals surface area contributed by atoms with E-state index >= 15 is 0 Å². The van der Waals surface area contributed by atoms with Crippen molar-refractivity contribution in [1.82, 2.24) is 0 Å². The lowest BCUT2D eigenvalue weighted by Crippen LogP contribution is -2.55. The summed E-state index contributed by atoms with van der Waals surface area (Å²) in [5.74, 6) is 4.35. The molecular formula is C71H102O4. The van der Waals surface area contributed by atoms with Crippen molar-refractivity contribution in [2.45, 2.75) is 274 Å². The second-order valence-electron chi connectivity index (χ2n) is 26.1. The summed E-state index contributed by atoms with van der Waals surface area (Å²) >= 11 is 0. The van der Waals surface area contributed by atoms with Crippen molar-refractivity contribution in [3.8, 4) is 0 Å². The molecule has 4 aliphatic carbocycles. The summed E-state index contributed by atoms with van der Waals surface area (Å²) in [6, 6.07) is 35.6. The van der Waals surface area contributed by atoms with E-state index in [9.17, 15) is 10.2 Å². The van der Waals surface area contributed by atoms with Gasteiger partial charge in [0.05, 0.1) is 0 Å². The predicted octanol–water partition coefficient (Wildman–Crippen LogP) is 19.2. The third-order valence-electron chi connectivity index (χ3n) is 20.4. The van der Waals surface area contributed by atoms with E-state index in [1.165, 1.54) is 202 Å². The molecule has 4 heteroatoms. The van der Waals surface area contributed by atoms with Crippen LogP contribution in [0.1, 0.15) is 290 Å². The maximum atomic E-state index is 14.2. The summed E-state index contributed by atoms with van der Waals surface area (Å²) in [4.78, 5) is 0. The number of hydrogen-bond acceptors (Lipinski definition) is 4. The molecule has 1 aliphatic heterocycles. The highest BCUT2D eigenvalue weighted by Gasteiger charge is 2.61. The maximum absolute atomic E-state index is 14.2. The number of rotatable bonds is 22. The number of unbranched alkanes of at least 4 members (excludes halogenated alkanes) is 6. The van der Waals surface area contributed by atoms with Gasteiger partial charge in [-0.2, -0.15) is 0 Å². The second-order valence-corrected chi connectivity index (χ2v) is 26.1. The molecule has 0 spiro atoms. The quantitative estimate of drug-likeness (QED) is 0.0770. The first kappa shape index (κ1) is 56.4. The summed E-state index contributed by atoms with van der Waals surface area (Å²) in [5.41, 5.74) is 5.23. The van der Waals surface area contributed by atoms with E-state index in [2.05, 4.69) is 125 Å². The first-order valence-corrected chi connectivity index (χ1v) is 31.6. The van der Waals surface area contributed by atoms with Gasteiger partial charge in [-0.15, -0.1) is 0 Å². The smallest absolute Gasteiger partial charge is 0.164 e. The summed E-state index contributed by atoms with van der Waals surface area (Å²) < 4.78 is 14.4. The Hall–Kier alpha value is -3.28. The fourth-order valence-corrected chi connectivity index (χ4v) is 15.4. The minimum atomic E-state index is -1.66. The van der Waals surface area contributed by atoms with Crippen LogP contribution in [-0.4, -0.2) is 28.2 Å². The molecule has 0 aromatic heterocycles. The number of benzene rings is 4. The molecule has 0 radical (unpaired) electrons. The number of hydrogen-bond donors (Lipinski definition) is 2. The van der Waals surface area contributed by atoms with E-state index < -0.39 is 29.2 Å². The molecule has 4 saturated carbocycles. The van der Waals surface area contributed by atoms with Gasteiger partial charge >= 0.3 is 0 Å². The molecular weight excluding hydrogens is 917 g/mol. The van der Waals surface area contributed by atoms with E-state index in [0.717, 1.165) is 45.9 Å². The van der Waals surface area contributed by atoms with Gasteiger partial charge in [0.15, 0.2) is 5.79 Å². The number of aliphatic hydroxyl groups is 2. The summed E-state index contributed by atoms with van der Waals surface area (Å²) in [6.45, 7) is 13.2. The second kappa shape index (κ2) is 26.1. The molecule has 1 heterocycles. The van der Waals surface area contributed by atoms with Crippen molar-refractivity contribution < 1.29 is 19.7 Å². The van der Waals surface area contributed by atoms with Crippen molar-refractivity contribution in [2.24, 2.45) is 23.7 Å². The molecule has 2 N–H and O–H groups in total. The Morgan fingerprint density at radius 2 is 0.613 bits per heavy atom. The van der Waals surface area contributed by atoms with Crippen LogP contribution in [0.4, 0.5) is 0 Å². The van der Waals surface area contributed by atoms with Gasteiger partial charge in [0.2, 0.25) is 0 Å². The molecule has 410 valence electrons. The first-order chi connectivity index (χ1) is 36.4. The highest BCUT2D eigenvalue weighted by atomic mass is 16.8. The van der Waals surface area contributed by atoms with Gasteiger partial charge in [-0.3, -0.25) is 0 Å². The molecule has 4 aromatic rings. The molecule has 75 heavy (non-hydrogen) atoms. The van der Waals surface area contributed by atoms with E-state index in [-0.39, 0.29) is 0 Å². The first-order valence-electron chi connectivity index (χ1n) is 31.6. The van der Waals surface area contributed by atoms with Crippen LogP contribution < -0.4 is 0 Å². The van der Waals surface area contributed by atoms with Gasteiger partial charge < -0.3 is 19.7 Å². The topological polar surface area (TPSA) is 58.9 Å². The zero-order valence-corrected chi connectivity index (χ0v) is 48.0. The van der Waals surface area contributed by atoms with Crippen molar-refractivity contribution in [2.75, 3.05) is 0 Å². The van der Waals surface area contributed by atoms with Gasteiger partial charge in [-0.25, -0.2) is 0 Å². The average molecular weight is 1020 g/mol. The highest BCUT2D eigenvalue weighted by Crippen LogP contribution is 2.52.